The lowest BCUT2D eigenvalue weighted by atomic mass is 9.90. The van der Waals surface area contributed by atoms with E-state index < -0.39 is 18.1 Å². The summed E-state index contributed by atoms with van der Waals surface area (Å²) in [6.07, 6.45) is -0.859. The third kappa shape index (κ3) is 3.24. The molecular weight excluding hydrogens is 402 g/mol. The van der Waals surface area contributed by atoms with Crippen LogP contribution < -0.4 is 14.9 Å². The zero-order valence-corrected chi connectivity index (χ0v) is 18.3. The van der Waals surface area contributed by atoms with Gasteiger partial charge in [-0.1, -0.05) is 42.5 Å². The number of hydroxylamine groups is 1. The molecule has 0 saturated carbocycles. The number of benzene rings is 3. The third-order valence-electron chi connectivity index (χ3n) is 6.14. The van der Waals surface area contributed by atoms with Crippen molar-refractivity contribution in [2.24, 2.45) is 5.92 Å². The maximum Gasteiger partial charge on any atom is 0.266 e. The van der Waals surface area contributed by atoms with Gasteiger partial charge in [0.05, 0.1) is 17.4 Å². The van der Waals surface area contributed by atoms with Crippen molar-refractivity contribution in [1.82, 2.24) is 0 Å². The zero-order chi connectivity index (χ0) is 22.4. The molecule has 32 heavy (non-hydrogen) atoms. The van der Waals surface area contributed by atoms with Crippen LogP contribution in [0.3, 0.4) is 0 Å². The summed E-state index contributed by atoms with van der Waals surface area (Å²) in [7, 11) is 3.97. The van der Waals surface area contributed by atoms with Crippen molar-refractivity contribution in [2.75, 3.05) is 29.0 Å². The summed E-state index contributed by atoms with van der Waals surface area (Å²) in [5, 5.41) is 1.73. The number of aryl methyl sites for hydroxylation is 1. The van der Waals surface area contributed by atoms with Gasteiger partial charge in [-0.3, -0.25) is 14.4 Å². The molecule has 5 rings (SSSR count). The predicted molar refractivity (Wildman–Crippen MR) is 124 cm³/mol. The van der Waals surface area contributed by atoms with Crippen molar-refractivity contribution < 1.29 is 14.4 Å². The molecule has 0 aromatic heterocycles. The Morgan fingerprint density at radius 1 is 0.812 bits per heavy atom. The maximum atomic E-state index is 13.6. The first-order valence-electron chi connectivity index (χ1n) is 10.7. The molecule has 2 heterocycles. The van der Waals surface area contributed by atoms with E-state index in [-0.39, 0.29) is 11.8 Å². The molecule has 0 radical (unpaired) electrons. The first-order chi connectivity index (χ1) is 15.5. The Hall–Kier alpha value is -3.64. The second kappa shape index (κ2) is 7.80. The first kappa shape index (κ1) is 20.3. The van der Waals surface area contributed by atoms with Gasteiger partial charge in [-0.05, 0) is 54.4 Å². The van der Waals surface area contributed by atoms with E-state index in [9.17, 15) is 9.59 Å². The van der Waals surface area contributed by atoms with Gasteiger partial charge in [0.15, 0.2) is 6.10 Å². The SMILES string of the molecule is Cc1cccc(N2C(=O)[C@H]3[C@@H](c4ccc(N(C)C)cc4)N(c4ccccc4)O[C@H]3C2=O)c1. The minimum atomic E-state index is -0.859. The molecule has 6 nitrogen and oxygen atoms in total. The number of imide groups is 1. The van der Waals surface area contributed by atoms with Gasteiger partial charge in [0.2, 0.25) is 5.91 Å². The van der Waals surface area contributed by atoms with Crippen molar-refractivity contribution in [3.63, 3.8) is 0 Å². The molecule has 0 bridgehead atoms. The number of amides is 2. The van der Waals surface area contributed by atoms with Crippen LogP contribution >= 0.6 is 0 Å². The fraction of sp³-hybridized carbons (Fsp3) is 0.231. The molecule has 0 aliphatic carbocycles. The number of hydrogen-bond donors (Lipinski definition) is 0. The molecule has 0 unspecified atom stereocenters. The highest BCUT2D eigenvalue weighted by Gasteiger charge is 2.60. The highest BCUT2D eigenvalue weighted by molar-refractivity contribution is 6.24. The molecule has 2 saturated heterocycles. The minimum Gasteiger partial charge on any atom is -0.378 e. The summed E-state index contributed by atoms with van der Waals surface area (Å²) in [5.74, 6) is -1.18. The summed E-state index contributed by atoms with van der Waals surface area (Å²) < 4.78 is 0. The molecule has 2 aliphatic rings. The Labute approximate surface area is 187 Å². The molecule has 0 spiro atoms. The molecule has 6 heteroatoms. The fourth-order valence-corrected chi connectivity index (χ4v) is 4.54. The summed E-state index contributed by atoms with van der Waals surface area (Å²) in [5.41, 5.74) is 4.38. The summed E-state index contributed by atoms with van der Waals surface area (Å²) in [6.45, 7) is 1.94. The van der Waals surface area contributed by atoms with Crippen LogP contribution in [0.25, 0.3) is 0 Å². The topological polar surface area (TPSA) is 53.1 Å². The molecule has 0 N–H and O–H groups in total. The highest BCUT2D eigenvalue weighted by atomic mass is 16.7. The first-order valence-corrected chi connectivity index (χ1v) is 10.7. The average molecular weight is 428 g/mol. The van der Waals surface area contributed by atoms with Gasteiger partial charge in [0.1, 0.15) is 5.92 Å². The average Bonchev–Trinajstić information content (AvgIpc) is 3.30. The molecule has 3 aromatic rings. The van der Waals surface area contributed by atoms with Crippen molar-refractivity contribution in [3.8, 4) is 0 Å². The van der Waals surface area contributed by atoms with Crippen LogP contribution in [0.15, 0.2) is 78.9 Å². The normalized spacial score (nSPS) is 22.4. The largest absolute Gasteiger partial charge is 0.378 e. The van der Waals surface area contributed by atoms with Gasteiger partial charge in [-0.25, -0.2) is 9.96 Å². The second-order valence-electron chi connectivity index (χ2n) is 8.49. The van der Waals surface area contributed by atoms with Crippen LogP contribution in [0.1, 0.15) is 17.2 Å². The Kier molecular flexibility index (Phi) is 4.94. The van der Waals surface area contributed by atoms with Crippen molar-refractivity contribution in [3.05, 3.63) is 90.0 Å². The van der Waals surface area contributed by atoms with Crippen LogP contribution in [0, 0.1) is 12.8 Å². The van der Waals surface area contributed by atoms with Gasteiger partial charge in [0.25, 0.3) is 5.91 Å². The predicted octanol–water partition coefficient (Wildman–Crippen LogP) is 4.11. The molecule has 2 aliphatic heterocycles. The molecule has 3 atom stereocenters. The van der Waals surface area contributed by atoms with E-state index in [0.717, 1.165) is 22.5 Å². The van der Waals surface area contributed by atoms with Crippen LogP contribution in [0.2, 0.25) is 0 Å². The Bertz CT molecular complexity index is 1160. The van der Waals surface area contributed by atoms with E-state index >= 15 is 0 Å². The number of hydrogen-bond acceptors (Lipinski definition) is 5. The molecule has 3 aromatic carbocycles. The fourth-order valence-electron chi connectivity index (χ4n) is 4.54. The Morgan fingerprint density at radius 2 is 1.50 bits per heavy atom. The number of carbonyl (C=O) groups is 2. The summed E-state index contributed by atoms with van der Waals surface area (Å²) >= 11 is 0. The molecule has 162 valence electrons. The standard InChI is InChI=1S/C26H25N3O3/c1-17-8-7-11-21(16-17)28-25(30)22-23(18-12-14-19(15-13-18)27(2)3)29(32-24(22)26(28)31)20-9-5-4-6-10-20/h4-16,22-24H,1-3H3/t22-,23+,24+/m0/s1. The number of nitrogens with zero attached hydrogens (tertiary/aromatic N) is 3. The van der Waals surface area contributed by atoms with Crippen LogP contribution in [0.4, 0.5) is 17.1 Å². The van der Waals surface area contributed by atoms with E-state index in [1.54, 1.807) is 11.1 Å². The van der Waals surface area contributed by atoms with E-state index in [1.165, 1.54) is 4.90 Å². The van der Waals surface area contributed by atoms with Crippen molar-refractivity contribution in [1.29, 1.82) is 0 Å². The van der Waals surface area contributed by atoms with Gasteiger partial charge in [0, 0.05) is 19.8 Å². The smallest absolute Gasteiger partial charge is 0.266 e. The van der Waals surface area contributed by atoms with Gasteiger partial charge < -0.3 is 4.90 Å². The lowest BCUT2D eigenvalue weighted by Gasteiger charge is -2.29. The summed E-state index contributed by atoms with van der Waals surface area (Å²) in [6, 6.07) is 24.7. The zero-order valence-electron chi connectivity index (χ0n) is 18.3. The van der Waals surface area contributed by atoms with Crippen molar-refractivity contribution >= 4 is 28.9 Å². The van der Waals surface area contributed by atoms with Gasteiger partial charge in [-0.15, -0.1) is 0 Å². The van der Waals surface area contributed by atoms with Crippen LogP contribution in [-0.4, -0.2) is 32.0 Å². The van der Waals surface area contributed by atoms with E-state index in [2.05, 4.69) is 0 Å². The third-order valence-corrected chi connectivity index (χ3v) is 6.14. The molecule has 2 fully saturated rings. The van der Waals surface area contributed by atoms with E-state index in [1.807, 2.05) is 98.7 Å². The van der Waals surface area contributed by atoms with Gasteiger partial charge >= 0.3 is 0 Å². The number of para-hydroxylation sites is 1. The lowest BCUT2D eigenvalue weighted by Crippen LogP contribution is -2.37. The number of carbonyl (C=O) groups excluding carboxylic acids is 2. The molecular formula is C26H25N3O3. The highest BCUT2D eigenvalue weighted by Crippen LogP contribution is 2.47. The summed E-state index contributed by atoms with van der Waals surface area (Å²) in [4.78, 5) is 36.5. The number of fused-ring (bicyclic) bond motifs is 1. The van der Waals surface area contributed by atoms with Crippen LogP contribution in [-0.2, 0) is 14.4 Å². The van der Waals surface area contributed by atoms with Crippen LogP contribution in [0.5, 0.6) is 0 Å². The lowest BCUT2D eigenvalue weighted by molar-refractivity contribution is -0.126. The van der Waals surface area contributed by atoms with E-state index in [4.69, 9.17) is 4.84 Å². The minimum absolute atomic E-state index is 0.231. The second-order valence-corrected chi connectivity index (χ2v) is 8.49. The van der Waals surface area contributed by atoms with Gasteiger partial charge in [-0.2, -0.15) is 0 Å². The van der Waals surface area contributed by atoms with E-state index in [0.29, 0.717) is 5.69 Å². The van der Waals surface area contributed by atoms with Crippen molar-refractivity contribution in [2.45, 2.75) is 19.1 Å². The Morgan fingerprint density at radius 3 is 2.16 bits per heavy atom. The number of anilines is 3. The monoisotopic (exact) mass is 427 g/mol. The maximum absolute atomic E-state index is 13.6. The Balaban J connectivity index is 1.57. The molecule has 2 amide bonds. The quantitative estimate of drug-likeness (QED) is 0.587. The number of rotatable bonds is 4.